The van der Waals surface area contributed by atoms with Crippen molar-refractivity contribution in [3.63, 3.8) is 0 Å². The lowest BCUT2D eigenvalue weighted by molar-refractivity contribution is 0.247. The van der Waals surface area contributed by atoms with E-state index in [1.807, 2.05) is 11.8 Å². The third kappa shape index (κ3) is 2.97. The summed E-state index contributed by atoms with van der Waals surface area (Å²) in [6.07, 6.45) is 6.56. The average molecular weight is 295 g/mol. The molecule has 1 aliphatic heterocycles. The summed E-state index contributed by atoms with van der Waals surface area (Å²) in [5.41, 5.74) is 1.58. The van der Waals surface area contributed by atoms with Crippen LogP contribution in [-0.4, -0.2) is 11.1 Å². The molecule has 0 saturated heterocycles. The van der Waals surface area contributed by atoms with Gasteiger partial charge >= 0.3 is 0 Å². The number of benzene rings is 1. The fraction of sp³-hybridized carbons (Fsp3) is 0.647. The van der Waals surface area contributed by atoms with Gasteiger partial charge in [-0.1, -0.05) is 31.5 Å². The standard InChI is InChI=1S/C17H23ClS/c1-2-12-7-8-16(18)13(9-12)10-14-11-19-17-6-4-3-5-15(14)17/h3-6,12-14,16H,2,7-11H2,1H3. The molecule has 1 saturated carbocycles. The lowest BCUT2D eigenvalue weighted by Gasteiger charge is -2.34. The fourth-order valence-electron chi connectivity index (χ4n) is 3.73. The van der Waals surface area contributed by atoms with E-state index >= 15 is 0 Å². The monoisotopic (exact) mass is 294 g/mol. The lowest BCUT2D eigenvalue weighted by atomic mass is 9.75. The Balaban J connectivity index is 1.68. The van der Waals surface area contributed by atoms with Gasteiger partial charge in [0, 0.05) is 16.0 Å². The molecule has 4 unspecified atom stereocenters. The number of fused-ring (bicyclic) bond motifs is 1. The smallest absolute Gasteiger partial charge is 0.0364 e. The van der Waals surface area contributed by atoms with E-state index in [0.29, 0.717) is 5.38 Å². The highest BCUT2D eigenvalue weighted by Crippen LogP contribution is 2.46. The van der Waals surface area contributed by atoms with E-state index in [0.717, 1.165) is 17.8 Å². The van der Waals surface area contributed by atoms with Gasteiger partial charge in [0.15, 0.2) is 0 Å². The molecule has 1 aromatic carbocycles. The van der Waals surface area contributed by atoms with Crippen LogP contribution in [0.3, 0.4) is 0 Å². The fourth-order valence-corrected chi connectivity index (χ4v) is 5.33. The van der Waals surface area contributed by atoms with Gasteiger partial charge in [0.2, 0.25) is 0 Å². The Morgan fingerprint density at radius 1 is 1.26 bits per heavy atom. The molecule has 104 valence electrons. The van der Waals surface area contributed by atoms with Crippen LogP contribution in [0.2, 0.25) is 0 Å². The third-order valence-corrected chi connectivity index (χ3v) is 6.79. The van der Waals surface area contributed by atoms with Gasteiger partial charge in [-0.25, -0.2) is 0 Å². The quantitative estimate of drug-likeness (QED) is 0.644. The maximum absolute atomic E-state index is 6.60. The molecule has 0 radical (unpaired) electrons. The van der Waals surface area contributed by atoms with E-state index in [4.69, 9.17) is 11.6 Å². The van der Waals surface area contributed by atoms with Crippen LogP contribution in [0.25, 0.3) is 0 Å². The first-order valence-electron chi connectivity index (χ1n) is 7.63. The molecule has 19 heavy (non-hydrogen) atoms. The molecule has 3 rings (SSSR count). The minimum absolute atomic E-state index is 0.417. The SMILES string of the molecule is CCC1CCC(Cl)C(CC2CSc3ccccc32)C1. The van der Waals surface area contributed by atoms with Crippen LogP contribution >= 0.6 is 23.4 Å². The van der Waals surface area contributed by atoms with Crippen LogP contribution in [0.5, 0.6) is 0 Å². The predicted octanol–water partition coefficient (Wildman–Crippen LogP) is 5.70. The van der Waals surface area contributed by atoms with E-state index in [1.54, 1.807) is 5.56 Å². The normalized spacial score (nSPS) is 34.2. The van der Waals surface area contributed by atoms with Gasteiger partial charge in [-0.2, -0.15) is 0 Å². The van der Waals surface area contributed by atoms with Crippen LogP contribution in [0.4, 0.5) is 0 Å². The van der Waals surface area contributed by atoms with Gasteiger partial charge in [0.1, 0.15) is 0 Å². The van der Waals surface area contributed by atoms with Crippen molar-refractivity contribution in [1.82, 2.24) is 0 Å². The van der Waals surface area contributed by atoms with Crippen molar-refractivity contribution in [3.05, 3.63) is 29.8 Å². The molecule has 2 heteroatoms. The van der Waals surface area contributed by atoms with Gasteiger partial charge in [-0.15, -0.1) is 23.4 Å². The van der Waals surface area contributed by atoms with Crippen LogP contribution in [0.15, 0.2) is 29.2 Å². The molecule has 0 bridgehead atoms. The van der Waals surface area contributed by atoms with Crippen molar-refractivity contribution < 1.29 is 0 Å². The predicted molar refractivity (Wildman–Crippen MR) is 85.3 cm³/mol. The second-order valence-electron chi connectivity index (χ2n) is 6.14. The third-order valence-electron chi connectivity index (χ3n) is 4.96. The van der Waals surface area contributed by atoms with E-state index in [2.05, 4.69) is 31.2 Å². The molecule has 0 spiro atoms. The van der Waals surface area contributed by atoms with Gasteiger partial charge in [0.05, 0.1) is 0 Å². The van der Waals surface area contributed by atoms with Crippen LogP contribution in [-0.2, 0) is 0 Å². The van der Waals surface area contributed by atoms with Crippen LogP contribution < -0.4 is 0 Å². The number of halogens is 1. The largest absolute Gasteiger partial charge is 0.125 e. The van der Waals surface area contributed by atoms with Crippen LogP contribution in [0, 0.1) is 11.8 Å². The Hall–Kier alpha value is -0.140. The summed E-state index contributed by atoms with van der Waals surface area (Å²) in [5.74, 6) is 3.65. The maximum Gasteiger partial charge on any atom is 0.0364 e. The summed E-state index contributed by atoms with van der Waals surface area (Å²) in [4.78, 5) is 1.50. The topological polar surface area (TPSA) is 0 Å². The maximum atomic E-state index is 6.60. The second-order valence-corrected chi connectivity index (χ2v) is 7.77. The Morgan fingerprint density at radius 2 is 2.11 bits per heavy atom. The molecule has 1 fully saturated rings. The number of thioether (sulfide) groups is 1. The van der Waals surface area contributed by atoms with Crippen molar-refractivity contribution in [2.75, 3.05) is 5.75 Å². The molecule has 0 N–H and O–H groups in total. The highest BCUT2D eigenvalue weighted by atomic mass is 35.5. The highest BCUT2D eigenvalue weighted by molar-refractivity contribution is 7.99. The van der Waals surface area contributed by atoms with Gasteiger partial charge in [-0.3, -0.25) is 0 Å². The summed E-state index contributed by atoms with van der Waals surface area (Å²) in [5, 5.41) is 0.417. The Labute approximate surface area is 126 Å². The van der Waals surface area contributed by atoms with E-state index in [-0.39, 0.29) is 0 Å². The van der Waals surface area contributed by atoms with E-state index < -0.39 is 0 Å². The number of hydrogen-bond donors (Lipinski definition) is 0. The number of alkyl halides is 1. The minimum atomic E-state index is 0.417. The molecule has 4 atom stereocenters. The van der Waals surface area contributed by atoms with E-state index in [9.17, 15) is 0 Å². The molecular weight excluding hydrogens is 272 g/mol. The summed E-state index contributed by atoms with van der Waals surface area (Å²) >= 11 is 8.63. The van der Waals surface area contributed by atoms with Crippen molar-refractivity contribution in [2.24, 2.45) is 11.8 Å². The Bertz CT molecular complexity index is 431. The summed E-state index contributed by atoms with van der Waals surface area (Å²) < 4.78 is 0. The number of hydrogen-bond acceptors (Lipinski definition) is 1. The first kappa shape index (κ1) is 13.8. The Kier molecular flexibility index (Phi) is 4.44. The van der Waals surface area contributed by atoms with Crippen LogP contribution in [0.1, 0.15) is 50.5 Å². The van der Waals surface area contributed by atoms with Crippen molar-refractivity contribution >= 4 is 23.4 Å². The zero-order chi connectivity index (χ0) is 13.2. The van der Waals surface area contributed by atoms with E-state index in [1.165, 1.54) is 42.8 Å². The molecule has 2 aliphatic rings. The number of rotatable bonds is 3. The van der Waals surface area contributed by atoms with Crippen molar-refractivity contribution in [1.29, 1.82) is 0 Å². The molecular formula is C17H23ClS. The van der Waals surface area contributed by atoms with Gasteiger partial charge < -0.3 is 0 Å². The second kappa shape index (κ2) is 6.10. The zero-order valence-corrected chi connectivity index (χ0v) is 13.2. The molecule has 1 aliphatic carbocycles. The summed E-state index contributed by atoms with van der Waals surface area (Å²) in [6.45, 7) is 2.33. The lowest BCUT2D eigenvalue weighted by Crippen LogP contribution is -2.26. The Morgan fingerprint density at radius 3 is 2.95 bits per heavy atom. The summed E-state index contributed by atoms with van der Waals surface area (Å²) in [7, 11) is 0. The van der Waals surface area contributed by atoms with Gasteiger partial charge in [-0.05, 0) is 55.1 Å². The highest BCUT2D eigenvalue weighted by Gasteiger charge is 2.32. The molecule has 1 heterocycles. The average Bonchev–Trinajstić information content (AvgIpc) is 2.85. The first-order valence-corrected chi connectivity index (χ1v) is 9.06. The molecule has 0 aromatic heterocycles. The van der Waals surface area contributed by atoms with Crippen molar-refractivity contribution in [3.8, 4) is 0 Å². The molecule has 0 amide bonds. The first-order chi connectivity index (χ1) is 9.28. The molecule has 0 nitrogen and oxygen atoms in total. The summed E-state index contributed by atoms with van der Waals surface area (Å²) in [6, 6.07) is 8.94. The minimum Gasteiger partial charge on any atom is -0.125 e. The molecule has 1 aromatic rings. The van der Waals surface area contributed by atoms with Crippen molar-refractivity contribution in [2.45, 2.75) is 55.2 Å². The van der Waals surface area contributed by atoms with Gasteiger partial charge in [0.25, 0.3) is 0 Å². The zero-order valence-electron chi connectivity index (χ0n) is 11.6.